The van der Waals surface area contributed by atoms with E-state index in [1.807, 2.05) is 11.9 Å². The van der Waals surface area contributed by atoms with Crippen molar-refractivity contribution in [2.24, 2.45) is 5.92 Å². The van der Waals surface area contributed by atoms with Crippen LogP contribution in [0.1, 0.15) is 25.8 Å². The lowest BCUT2D eigenvalue weighted by atomic mass is 10.1. The van der Waals surface area contributed by atoms with Gasteiger partial charge < -0.3 is 10.6 Å². The van der Waals surface area contributed by atoms with Crippen molar-refractivity contribution in [1.29, 1.82) is 5.26 Å². The van der Waals surface area contributed by atoms with Crippen LogP contribution in [0.3, 0.4) is 0 Å². The SMILES string of the molecule is CCC(C)CN(C)c1nccc(C#N)c1N. The van der Waals surface area contributed by atoms with E-state index in [-0.39, 0.29) is 0 Å². The van der Waals surface area contributed by atoms with Crippen LogP contribution in [0, 0.1) is 17.2 Å². The normalized spacial score (nSPS) is 11.9. The van der Waals surface area contributed by atoms with Crippen LogP contribution in [0.15, 0.2) is 12.3 Å². The monoisotopic (exact) mass is 218 g/mol. The highest BCUT2D eigenvalue weighted by atomic mass is 15.2. The maximum atomic E-state index is 8.88. The third-order valence-electron chi connectivity index (χ3n) is 2.73. The summed E-state index contributed by atoms with van der Waals surface area (Å²) in [5, 5.41) is 8.88. The number of aromatic nitrogens is 1. The molecule has 1 atom stereocenters. The Hall–Kier alpha value is -1.76. The summed E-state index contributed by atoms with van der Waals surface area (Å²) < 4.78 is 0. The minimum atomic E-state index is 0.468. The zero-order valence-corrected chi connectivity index (χ0v) is 10.1. The fraction of sp³-hybridized carbons (Fsp3) is 0.500. The van der Waals surface area contributed by atoms with Gasteiger partial charge in [0.25, 0.3) is 0 Å². The van der Waals surface area contributed by atoms with Gasteiger partial charge in [-0.05, 0) is 12.0 Å². The zero-order valence-electron chi connectivity index (χ0n) is 10.1. The van der Waals surface area contributed by atoms with E-state index in [2.05, 4.69) is 24.9 Å². The number of nitrogen functional groups attached to an aromatic ring is 1. The lowest BCUT2D eigenvalue weighted by Gasteiger charge is -2.23. The van der Waals surface area contributed by atoms with Gasteiger partial charge in [-0.25, -0.2) is 4.98 Å². The van der Waals surface area contributed by atoms with Gasteiger partial charge >= 0.3 is 0 Å². The predicted octanol–water partition coefficient (Wildman–Crippen LogP) is 2.02. The van der Waals surface area contributed by atoms with Gasteiger partial charge in [-0.2, -0.15) is 5.26 Å². The number of nitrogens with two attached hydrogens (primary N) is 1. The maximum absolute atomic E-state index is 8.88. The molecule has 1 heterocycles. The van der Waals surface area contributed by atoms with Crippen LogP contribution in [-0.2, 0) is 0 Å². The Kier molecular flexibility index (Phi) is 4.12. The molecule has 0 saturated carbocycles. The summed E-state index contributed by atoms with van der Waals surface area (Å²) in [6, 6.07) is 3.70. The van der Waals surface area contributed by atoms with Crippen molar-refractivity contribution in [1.82, 2.24) is 4.98 Å². The number of nitriles is 1. The van der Waals surface area contributed by atoms with Crippen LogP contribution in [0.4, 0.5) is 11.5 Å². The maximum Gasteiger partial charge on any atom is 0.152 e. The largest absolute Gasteiger partial charge is 0.395 e. The molecule has 0 bridgehead atoms. The van der Waals surface area contributed by atoms with E-state index < -0.39 is 0 Å². The average molecular weight is 218 g/mol. The van der Waals surface area contributed by atoms with E-state index in [4.69, 9.17) is 11.0 Å². The van der Waals surface area contributed by atoms with Gasteiger partial charge in [0, 0.05) is 19.8 Å². The predicted molar refractivity (Wildman–Crippen MR) is 66.1 cm³/mol. The van der Waals surface area contributed by atoms with Gasteiger partial charge in [0.15, 0.2) is 5.82 Å². The summed E-state index contributed by atoms with van der Waals surface area (Å²) in [5.74, 6) is 1.27. The Bertz CT molecular complexity index is 394. The third kappa shape index (κ3) is 2.63. The van der Waals surface area contributed by atoms with E-state index in [9.17, 15) is 0 Å². The summed E-state index contributed by atoms with van der Waals surface area (Å²) in [7, 11) is 1.95. The first kappa shape index (κ1) is 12.3. The van der Waals surface area contributed by atoms with Gasteiger partial charge in [-0.15, -0.1) is 0 Å². The van der Waals surface area contributed by atoms with Crippen LogP contribution < -0.4 is 10.6 Å². The average Bonchev–Trinajstić information content (AvgIpc) is 2.29. The van der Waals surface area contributed by atoms with Crippen LogP contribution in [0.5, 0.6) is 0 Å². The molecule has 1 aromatic heterocycles. The van der Waals surface area contributed by atoms with Crippen molar-refractivity contribution in [3.63, 3.8) is 0 Å². The van der Waals surface area contributed by atoms with Gasteiger partial charge in [0.05, 0.1) is 11.3 Å². The van der Waals surface area contributed by atoms with Crippen LogP contribution >= 0.6 is 0 Å². The van der Waals surface area contributed by atoms with Gasteiger partial charge in [-0.1, -0.05) is 20.3 Å². The Morgan fingerprint density at radius 3 is 2.88 bits per heavy atom. The molecule has 0 saturated heterocycles. The summed E-state index contributed by atoms with van der Waals surface area (Å²) in [6.45, 7) is 5.23. The first-order valence-corrected chi connectivity index (χ1v) is 5.45. The minimum absolute atomic E-state index is 0.468. The molecule has 0 aromatic carbocycles. The lowest BCUT2D eigenvalue weighted by Crippen LogP contribution is -2.25. The number of rotatable bonds is 4. The summed E-state index contributed by atoms with van der Waals surface area (Å²) in [5.41, 5.74) is 6.84. The van der Waals surface area contributed by atoms with Gasteiger partial charge in [0.1, 0.15) is 6.07 Å². The second kappa shape index (κ2) is 5.36. The molecule has 86 valence electrons. The van der Waals surface area contributed by atoms with Gasteiger partial charge in [-0.3, -0.25) is 0 Å². The van der Waals surface area contributed by atoms with E-state index in [1.165, 1.54) is 0 Å². The molecule has 2 N–H and O–H groups in total. The van der Waals surface area contributed by atoms with E-state index >= 15 is 0 Å². The van der Waals surface area contributed by atoms with Crippen molar-refractivity contribution >= 4 is 11.5 Å². The van der Waals surface area contributed by atoms with Crippen molar-refractivity contribution in [3.05, 3.63) is 17.8 Å². The number of nitrogens with zero attached hydrogens (tertiary/aromatic N) is 3. The Balaban J connectivity index is 2.92. The quantitative estimate of drug-likeness (QED) is 0.839. The Morgan fingerprint density at radius 1 is 1.62 bits per heavy atom. The molecule has 1 unspecified atom stereocenters. The van der Waals surface area contributed by atoms with Crippen LogP contribution in [0.25, 0.3) is 0 Å². The molecule has 0 spiro atoms. The fourth-order valence-electron chi connectivity index (χ4n) is 1.55. The number of hydrogen-bond acceptors (Lipinski definition) is 4. The molecule has 0 radical (unpaired) electrons. The van der Waals surface area contributed by atoms with E-state index in [0.29, 0.717) is 23.0 Å². The highest BCUT2D eigenvalue weighted by Crippen LogP contribution is 2.23. The second-order valence-corrected chi connectivity index (χ2v) is 4.10. The molecular formula is C12H18N4. The number of hydrogen-bond donors (Lipinski definition) is 1. The van der Waals surface area contributed by atoms with Crippen molar-refractivity contribution in [3.8, 4) is 6.07 Å². The molecule has 1 aromatic rings. The highest BCUT2D eigenvalue weighted by molar-refractivity contribution is 5.69. The lowest BCUT2D eigenvalue weighted by molar-refractivity contribution is 0.558. The molecule has 0 amide bonds. The van der Waals surface area contributed by atoms with Gasteiger partial charge in [0.2, 0.25) is 0 Å². The first-order chi connectivity index (χ1) is 7.60. The van der Waals surface area contributed by atoms with Crippen molar-refractivity contribution < 1.29 is 0 Å². The molecule has 0 aliphatic carbocycles. The van der Waals surface area contributed by atoms with Crippen molar-refractivity contribution in [2.45, 2.75) is 20.3 Å². The third-order valence-corrected chi connectivity index (χ3v) is 2.73. The molecule has 0 fully saturated rings. The molecule has 0 aliphatic rings. The standard InChI is InChI=1S/C12H18N4/c1-4-9(2)8-16(3)12-11(14)10(7-13)5-6-15-12/h5-6,9H,4,8,14H2,1-3H3. The fourth-order valence-corrected chi connectivity index (χ4v) is 1.55. The Morgan fingerprint density at radius 2 is 2.31 bits per heavy atom. The topological polar surface area (TPSA) is 65.9 Å². The molecule has 4 heteroatoms. The highest BCUT2D eigenvalue weighted by Gasteiger charge is 2.12. The van der Waals surface area contributed by atoms with E-state index in [1.54, 1.807) is 12.3 Å². The second-order valence-electron chi connectivity index (χ2n) is 4.10. The smallest absolute Gasteiger partial charge is 0.152 e. The molecule has 0 aliphatic heterocycles. The van der Waals surface area contributed by atoms with Crippen LogP contribution in [0.2, 0.25) is 0 Å². The van der Waals surface area contributed by atoms with Crippen LogP contribution in [-0.4, -0.2) is 18.6 Å². The number of pyridine rings is 1. The summed E-state index contributed by atoms with van der Waals surface area (Å²) >= 11 is 0. The Labute approximate surface area is 96.7 Å². The summed E-state index contributed by atoms with van der Waals surface area (Å²) in [6.07, 6.45) is 2.74. The zero-order chi connectivity index (χ0) is 12.1. The minimum Gasteiger partial charge on any atom is -0.395 e. The van der Waals surface area contributed by atoms with Crippen molar-refractivity contribution in [2.75, 3.05) is 24.2 Å². The summed E-state index contributed by atoms with van der Waals surface area (Å²) in [4.78, 5) is 6.23. The molecule has 4 nitrogen and oxygen atoms in total. The number of anilines is 2. The van der Waals surface area contributed by atoms with E-state index in [0.717, 1.165) is 13.0 Å². The molecule has 16 heavy (non-hydrogen) atoms. The first-order valence-electron chi connectivity index (χ1n) is 5.45. The molecule has 1 rings (SSSR count). The molecular weight excluding hydrogens is 200 g/mol.